The Kier molecular flexibility index (Phi) is 8.33. The first kappa shape index (κ1) is 24.2. The van der Waals surface area contributed by atoms with Crippen LogP contribution >= 0.6 is 11.6 Å². The summed E-state index contributed by atoms with van der Waals surface area (Å²) < 4.78 is 30.9. The number of nitrogens with zero attached hydrogens (tertiary/aromatic N) is 1. The maximum absolute atomic E-state index is 12.8. The molecule has 0 heterocycles. The van der Waals surface area contributed by atoms with Gasteiger partial charge in [-0.15, -0.1) is 0 Å². The van der Waals surface area contributed by atoms with Crippen molar-refractivity contribution in [3.8, 4) is 5.75 Å². The van der Waals surface area contributed by atoms with Crippen LogP contribution < -0.4 is 4.18 Å². The standard InChI is InChI=1S/C23H30ClNO4S/c1-6-18(5)25(22(26)13-16(2)3)15-19-10-8-11-20(14-19)29-30(27,28)23-17(4)9-7-12-21(23)24/h7-12,14,16,18H,6,13,15H2,1-5H3/t18-/m1/s1. The molecule has 5 nitrogen and oxygen atoms in total. The molecule has 1 atom stereocenters. The Hall–Kier alpha value is -2.05. The van der Waals surface area contributed by atoms with E-state index in [2.05, 4.69) is 0 Å². The Labute approximate surface area is 185 Å². The fraction of sp³-hybridized carbons (Fsp3) is 0.435. The molecule has 30 heavy (non-hydrogen) atoms. The molecule has 2 aromatic carbocycles. The van der Waals surface area contributed by atoms with E-state index < -0.39 is 10.1 Å². The van der Waals surface area contributed by atoms with Gasteiger partial charge < -0.3 is 9.08 Å². The van der Waals surface area contributed by atoms with Crippen LogP contribution in [-0.2, 0) is 21.5 Å². The topological polar surface area (TPSA) is 63.7 Å². The number of benzene rings is 2. The average Bonchev–Trinajstić information content (AvgIpc) is 2.64. The van der Waals surface area contributed by atoms with Crippen molar-refractivity contribution in [3.05, 3.63) is 58.6 Å². The number of rotatable bonds is 9. The Morgan fingerprint density at radius 1 is 1.13 bits per heavy atom. The molecule has 0 saturated carbocycles. The minimum absolute atomic E-state index is 0.0367. The molecule has 0 bridgehead atoms. The van der Waals surface area contributed by atoms with Gasteiger partial charge in [-0.2, -0.15) is 8.42 Å². The van der Waals surface area contributed by atoms with E-state index in [0.29, 0.717) is 18.5 Å². The maximum atomic E-state index is 12.8. The smallest absolute Gasteiger partial charge is 0.340 e. The predicted octanol–water partition coefficient (Wildman–Crippen LogP) is 5.59. The number of hydrogen-bond donors (Lipinski definition) is 0. The highest BCUT2D eigenvalue weighted by Crippen LogP contribution is 2.28. The molecule has 2 aromatic rings. The van der Waals surface area contributed by atoms with Gasteiger partial charge in [0.15, 0.2) is 0 Å². The third-order valence-electron chi connectivity index (χ3n) is 4.90. The zero-order valence-corrected chi connectivity index (χ0v) is 19.8. The summed E-state index contributed by atoms with van der Waals surface area (Å²) in [5.74, 6) is 0.542. The van der Waals surface area contributed by atoms with Gasteiger partial charge in [0.05, 0.1) is 5.02 Å². The molecule has 0 N–H and O–H groups in total. The molecule has 0 aliphatic rings. The van der Waals surface area contributed by atoms with E-state index in [4.69, 9.17) is 15.8 Å². The number of aryl methyl sites for hydroxylation is 1. The van der Waals surface area contributed by atoms with Gasteiger partial charge in [0.25, 0.3) is 0 Å². The normalized spacial score (nSPS) is 12.6. The van der Waals surface area contributed by atoms with Gasteiger partial charge in [0.2, 0.25) is 5.91 Å². The first-order valence-electron chi connectivity index (χ1n) is 10.1. The molecule has 1 amide bonds. The number of carbonyl (C=O) groups excluding carboxylic acids is 1. The van der Waals surface area contributed by atoms with E-state index in [-0.39, 0.29) is 33.5 Å². The molecular formula is C23H30ClNO4S. The van der Waals surface area contributed by atoms with Gasteiger partial charge in [-0.25, -0.2) is 0 Å². The van der Waals surface area contributed by atoms with E-state index in [9.17, 15) is 13.2 Å². The van der Waals surface area contributed by atoms with Crippen LogP contribution in [0.4, 0.5) is 0 Å². The summed E-state index contributed by atoms with van der Waals surface area (Å²) in [4.78, 5) is 14.5. The van der Waals surface area contributed by atoms with Gasteiger partial charge in [-0.1, -0.05) is 56.6 Å². The van der Waals surface area contributed by atoms with Crippen LogP contribution in [0, 0.1) is 12.8 Å². The first-order chi connectivity index (χ1) is 14.0. The van der Waals surface area contributed by atoms with Crippen molar-refractivity contribution in [2.24, 2.45) is 5.92 Å². The van der Waals surface area contributed by atoms with Crippen molar-refractivity contribution in [3.63, 3.8) is 0 Å². The summed E-state index contributed by atoms with van der Waals surface area (Å²) in [5, 5.41) is 0.119. The lowest BCUT2D eigenvalue weighted by molar-refractivity contribution is -0.134. The maximum Gasteiger partial charge on any atom is 0.340 e. The lowest BCUT2D eigenvalue weighted by Gasteiger charge is -2.29. The Morgan fingerprint density at radius 2 is 1.80 bits per heavy atom. The van der Waals surface area contributed by atoms with Crippen LogP contribution in [-0.4, -0.2) is 25.3 Å². The van der Waals surface area contributed by atoms with Crippen LogP contribution in [0.3, 0.4) is 0 Å². The Morgan fingerprint density at radius 3 is 2.40 bits per heavy atom. The summed E-state index contributed by atoms with van der Waals surface area (Å²) >= 11 is 6.10. The summed E-state index contributed by atoms with van der Waals surface area (Å²) in [6.45, 7) is 10.2. The zero-order valence-electron chi connectivity index (χ0n) is 18.2. The minimum Gasteiger partial charge on any atom is -0.379 e. The van der Waals surface area contributed by atoms with Crippen LogP contribution in [0.5, 0.6) is 5.75 Å². The van der Waals surface area contributed by atoms with E-state index in [1.807, 2.05) is 38.7 Å². The van der Waals surface area contributed by atoms with Gasteiger partial charge in [0, 0.05) is 19.0 Å². The van der Waals surface area contributed by atoms with Crippen LogP contribution in [0.1, 0.15) is 51.7 Å². The second-order valence-electron chi connectivity index (χ2n) is 7.95. The number of carbonyl (C=O) groups is 1. The first-order valence-corrected chi connectivity index (χ1v) is 11.9. The number of amides is 1. The molecule has 0 saturated heterocycles. The highest BCUT2D eigenvalue weighted by atomic mass is 35.5. The van der Waals surface area contributed by atoms with Gasteiger partial charge in [-0.05, 0) is 55.5 Å². The number of hydrogen-bond acceptors (Lipinski definition) is 4. The molecule has 0 fully saturated rings. The largest absolute Gasteiger partial charge is 0.379 e. The van der Waals surface area contributed by atoms with Crippen molar-refractivity contribution in [1.82, 2.24) is 4.90 Å². The van der Waals surface area contributed by atoms with Crippen molar-refractivity contribution in [1.29, 1.82) is 0 Å². The van der Waals surface area contributed by atoms with Crippen LogP contribution in [0.15, 0.2) is 47.4 Å². The monoisotopic (exact) mass is 451 g/mol. The highest BCUT2D eigenvalue weighted by molar-refractivity contribution is 7.87. The third kappa shape index (κ3) is 6.22. The molecule has 0 aromatic heterocycles. The van der Waals surface area contributed by atoms with Crippen molar-refractivity contribution < 1.29 is 17.4 Å². The minimum atomic E-state index is -4.09. The predicted molar refractivity (Wildman–Crippen MR) is 120 cm³/mol. The summed E-state index contributed by atoms with van der Waals surface area (Å²) in [5.41, 5.74) is 1.32. The second kappa shape index (κ2) is 10.3. The zero-order chi connectivity index (χ0) is 22.5. The van der Waals surface area contributed by atoms with Crippen LogP contribution in [0.2, 0.25) is 5.02 Å². The molecule has 7 heteroatoms. The highest BCUT2D eigenvalue weighted by Gasteiger charge is 2.24. The summed E-state index contributed by atoms with van der Waals surface area (Å²) in [6, 6.07) is 11.8. The van der Waals surface area contributed by atoms with Gasteiger partial charge in [0.1, 0.15) is 10.6 Å². The van der Waals surface area contributed by atoms with Crippen LogP contribution in [0.25, 0.3) is 0 Å². The fourth-order valence-corrected chi connectivity index (χ4v) is 4.89. The molecule has 164 valence electrons. The SMILES string of the molecule is CC[C@@H](C)N(Cc1cccc(OS(=O)(=O)c2c(C)cccc2Cl)c1)C(=O)CC(C)C. The molecule has 0 unspecified atom stereocenters. The molecule has 2 rings (SSSR count). The Balaban J connectivity index is 2.27. The molecule has 0 aliphatic carbocycles. The van der Waals surface area contributed by atoms with E-state index >= 15 is 0 Å². The van der Waals surface area contributed by atoms with Crippen molar-refractivity contribution >= 4 is 27.6 Å². The van der Waals surface area contributed by atoms with Gasteiger partial charge >= 0.3 is 10.1 Å². The molecule has 0 radical (unpaired) electrons. The summed E-state index contributed by atoms with van der Waals surface area (Å²) in [7, 11) is -4.09. The van der Waals surface area contributed by atoms with Crippen molar-refractivity contribution in [2.75, 3.05) is 0 Å². The van der Waals surface area contributed by atoms with E-state index in [0.717, 1.165) is 12.0 Å². The van der Waals surface area contributed by atoms with E-state index in [1.54, 1.807) is 37.3 Å². The molecule has 0 spiro atoms. The Bertz CT molecular complexity index is 968. The number of halogens is 1. The summed E-state index contributed by atoms with van der Waals surface area (Å²) in [6.07, 6.45) is 1.31. The lowest BCUT2D eigenvalue weighted by atomic mass is 10.1. The average molecular weight is 452 g/mol. The molecule has 0 aliphatic heterocycles. The molecular weight excluding hydrogens is 422 g/mol. The lowest BCUT2D eigenvalue weighted by Crippen LogP contribution is -2.38. The second-order valence-corrected chi connectivity index (χ2v) is 9.84. The van der Waals surface area contributed by atoms with Gasteiger partial charge in [-0.3, -0.25) is 4.79 Å². The van der Waals surface area contributed by atoms with E-state index in [1.165, 1.54) is 6.07 Å². The third-order valence-corrected chi connectivity index (χ3v) is 6.78. The quantitative estimate of drug-likeness (QED) is 0.466. The van der Waals surface area contributed by atoms with Crippen molar-refractivity contribution in [2.45, 2.75) is 64.9 Å². The fourth-order valence-electron chi connectivity index (χ4n) is 3.17.